The Kier molecular flexibility index (Phi) is 3.48. The minimum atomic E-state index is -0.255. The van der Waals surface area contributed by atoms with Crippen molar-refractivity contribution >= 4 is 10.9 Å². The lowest BCUT2D eigenvalue weighted by molar-refractivity contribution is 0.608. The van der Waals surface area contributed by atoms with Gasteiger partial charge in [0.25, 0.3) is 0 Å². The highest BCUT2D eigenvalue weighted by Gasteiger charge is 2.09. The topological polar surface area (TPSA) is 29.9 Å². The van der Waals surface area contributed by atoms with Crippen LogP contribution in [0.15, 0.2) is 48.7 Å². The van der Waals surface area contributed by atoms with E-state index in [0.717, 1.165) is 23.0 Å². The molecule has 0 unspecified atom stereocenters. The summed E-state index contributed by atoms with van der Waals surface area (Å²) in [6, 6.07) is 13.1. The molecule has 0 spiro atoms. The molecule has 0 bridgehead atoms. The summed E-state index contributed by atoms with van der Waals surface area (Å²) in [6.07, 6.45) is 1.75. The highest BCUT2D eigenvalue weighted by atomic mass is 19.1. The predicted molar refractivity (Wildman–Crippen MR) is 78.4 cm³/mol. The number of fused-ring (bicyclic) bond motifs is 1. The molecular weight excluding hydrogens is 253 g/mol. The summed E-state index contributed by atoms with van der Waals surface area (Å²) in [6.45, 7) is 3.57. The fraction of sp³-hybridized carbons (Fsp3) is 0.188. The summed E-state index contributed by atoms with van der Waals surface area (Å²) in [7, 11) is 0. The molecule has 20 heavy (non-hydrogen) atoms. The van der Waals surface area contributed by atoms with Crippen LogP contribution in [0.1, 0.15) is 12.5 Å². The SMILES string of the molecule is CCNCc1ccc(-n2ncc3ccccc32)c(F)c1. The maximum atomic E-state index is 14.3. The zero-order chi connectivity index (χ0) is 13.9. The van der Waals surface area contributed by atoms with Crippen molar-refractivity contribution in [3.63, 3.8) is 0 Å². The molecule has 3 nitrogen and oxygen atoms in total. The predicted octanol–water partition coefficient (Wildman–Crippen LogP) is 3.27. The molecule has 0 aliphatic carbocycles. The van der Waals surface area contributed by atoms with Crippen LogP contribution < -0.4 is 5.32 Å². The van der Waals surface area contributed by atoms with Gasteiger partial charge < -0.3 is 5.32 Å². The number of halogens is 1. The number of nitrogens with one attached hydrogen (secondary N) is 1. The third kappa shape index (κ3) is 2.30. The van der Waals surface area contributed by atoms with E-state index >= 15 is 0 Å². The summed E-state index contributed by atoms with van der Waals surface area (Å²) in [5, 5.41) is 8.47. The van der Waals surface area contributed by atoms with E-state index in [2.05, 4.69) is 10.4 Å². The number of nitrogens with zero attached hydrogens (tertiary/aromatic N) is 2. The molecule has 0 amide bonds. The van der Waals surface area contributed by atoms with E-state index in [9.17, 15) is 4.39 Å². The van der Waals surface area contributed by atoms with Gasteiger partial charge in [0.05, 0.1) is 11.7 Å². The van der Waals surface area contributed by atoms with Gasteiger partial charge in [0.1, 0.15) is 11.5 Å². The molecule has 0 atom stereocenters. The second kappa shape index (κ2) is 5.43. The van der Waals surface area contributed by atoms with Crippen LogP contribution in [-0.2, 0) is 6.54 Å². The van der Waals surface area contributed by atoms with Crippen LogP contribution in [0.3, 0.4) is 0 Å². The van der Waals surface area contributed by atoms with Crippen LogP contribution in [0.2, 0.25) is 0 Å². The van der Waals surface area contributed by atoms with Gasteiger partial charge in [0.15, 0.2) is 0 Å². The molecule has 3 rings (SSSR count). The standard InChI is InChI=1S/C16H16FN3/c1-2-18-10-12-7-8-16(14(17)9-12)20-15-6-4-3-5-13(15)11-19-20/h3-9,11,18H,2,10H2,1H3. The zero-order valence-electron chi connectivity index (χ0n) is 11.3. The lowest BCUT2D eigenvalue weighted by Crippen LogP contribution is -2.12. The van der Waals surface area contributed by atoms with E-state index in [0.29, 0.717) is 12.2 Å². The maximum Gasteiger partial charge on any atom is 0.149 e. The number of hydrogen-bond acceptors (Lipinski definition) is 2. The molecule has 102 valence electrons. The van der Waals surface area contributed by atoms with Gasteiger partial charge in [-0.2, -0.15) is 5.10 Å². The number of rotatable bonds is 4. The second-order valence-corrected chi connectivity index (χ2v) is 4.68. The average Bonchev–Trinajstić information content (AvgIpc) is 2.89. The molecular formula is C16H16FN3. The van der Waals surface area contributed by atoms with Gasteiger partial charge in [0.2, 0.25) is 0 Å². The molecule has 1 N–H and O–H groups in total. The van der Waals surface area contributed by atoms with E-state index in [4.69, 9.17) is 0 Å². The third-order valence-corrected chi connectivity index (χ3v) is 3.30. The molecule has 0 saturated carbocycles. The molecule has 4 heteroatoms. The Morgan fingerprint density at radius 3 is 2.85 bits per heavy atom. The van der Waals surface area contributed by atoms with Crippen molar-refractivity contribution in [2.24, 2.45) is 0 Å². The van der Waals surface area contributed by atoms with E-state index in [1.54, 1.807) is 23.0 Å². The summed E-state index contributed by atoms with van der Waals surface area (Å²) >= 11 is 0. The third-order valence-electron chi connectivity index (χ3n) is 3.30. The van der Waals surface area contributed by atoms with Crippen molar-refractivity contribution in [1.82, 2.24) is 15.1 Å². The monoisotopic (exact) mass is 269 g/mol. The Morgan fingerprint density at radius 2 is 2.05 bits per heavy atom. The zero-order valence-corrected chi connectivity index (χ0v) is 11.3. The first-order valence-corrected chi connectivity index (χ1v) is 6.72. The van der Waals surface area contributed by atoms with E-state index < -0.39 is 0 Å². The van der Waals surface area contributed by atoms with Gasteiger partial charge in [-0.15, -0.1) is 0 Å². The summed E-state index contributed by atoms with van der Waals surface area (Å²) in [4.78, 5) is 0. The van der Waals surface area contributed by atoms with E-state index in [1.165, 1.54) is 0 Å². The largest absolute Gasteiger partial charge is 0.313 e. The molecule has 0 saturated heterocycles. The van der Waals surface area contributed by atoms with Crippen molar-refractivity contribution in [1.29, 1.82) is 0 Å². The number of para-hydroxylation sites is 1. The molecule has 1 heterocycles. The smallest absolute Gasteiger partial charge is 0.149 e. The first-order chi connectivity index (χ1) is 9.79. The molecule has 0 fully saturated rings. The van der Waals surface area contributed by atoms with Crippen LogP contribution in [0, 0.1) is 5.82 Å². The minimum Gasteiger partial charge on any atom is -0.313 e. The van der Waals surface area contributed by atoms with Crippen LogP contribution >= 0.6 is 0 Å². The van der Waals surface area contributed by atoms with Crippen molar-refractivity contribution in [3.8, 4) is 5.69 Å². The molecule has 3 aromatic rings. The van der Waals surface area contributed by atoms with Crippen LogP contribution in [0.25, 0.3) is 16.6 Å². The van der Waals surface area contributed by atoms with Gasteiger partial charge in [-0.1, -0.05) is 31.2 Å². The lowest BCUT2D eigenvalue weighted by Gasteiger charge is -2.08. The molecule has 1 aromatic heterocycles. The van der Waals surface area contributed by atoms with Gasteiger partial charge >= 0.3 is 0 Å². The van der Waals surface area contributed by atoms with Crippen LogP contribution in [0.5, 0.6) is 0 Å². The molecule has 0 aliphatic heterocycles. The normalized spacial score (nSPS) is 11.1. The highest BCUT2D eigenvalue weighted by Crippen LogP contribution is 2.21. The number of hydrogen-bond donors (Lipinski definition) is 1. The van der Waals surface area contributed by atoms with Crippen LogP contribution in [0.4, 0.5) is 4.39 Å². The fourth-order valence-electron chi connectivity index (χ4n) is 2.27. The van der Waals surface area contributed by atoms with Gasteiger partial charge in [-0.3, -0.25) is 0 Å². The summed E-state index contributed by atoms with van der Waals surface area (Å²) in [5.41, 5.74) is 2.32. The first kappa shape index (κ1) is 12.8. The van der Waals surface area contributed by atoms with E-state index in [-0.39, 0.29) is 5.82 Å². The molecule has 2 aromatic carbocycles. The van der Waals surface area contributed by atoms with Crippen LogP contribution in [-0.4, -0.2) is 16.3 Å². The van der Waals surface area contributed by atoms with Crippen molar-refractivity contribution in [3.05, 3.63) is 60.0 Å². The van der Waals surface area contributed by atoms with E-state index in [1.807, 2.05) is 37.3 Å². The molecule has 0 aliphatic rings. The van der Waals surface area contributed by atoms with Crippen molar-refractivity contribution in [2.45, 2.75) is 13.5 Å². The lowest BCUT2D eigenvalue weighted by atomic mass is 10.2. The van der Waals surface area contributed by atoms with Gasteiger partial charge in [0, 0.05) is 11.9 Å². The number of benzene rings is 2. The quantitative estimate of drug-likeness (QED) is 0.787. The summed E-state index contributed by atoms with van der Waals surface area (Å²) in [5.74, 6) is -0.255. The minimum absolute atomic E-state index is 0.255. The maximum absolute atomic E-state index is 14.3. The fourth-order valence-corrected chi connectivity index (χ4v) is 2.27. The van der Waals surface area contributed by atoms with Crippen molar-refractivity contribution < 1.29 is 4.39 Å². The molecule has 0 radical (unpaired) electrons. The first-order valence-electron chi connectivity index (χ1n) is 6.72. The average molecular weight is 269 g/mol. The van der Waals surface area contributed by atoms with Gasteiger partial charge in [-0.25, -0.2) is 9.07 Å². The Bertz CT molecular complexity index is 733. The Labute approximate surface area is 117 Å². The summed E-state index contributed by atoms with van der Waals surface area (Å²) < 4.78 is 15.9. The second-order valence-electron chi connectivity index (χ2n) is 4.68. The van der Waals surface area contributed by atoms with Crippen molar-refractivity contribution in [2.75, 3.05) is 6.54 Å². The number of aromatic nitrogens is 2. The van der Waals surface area contributed by atoms with Gasteiger partial charge in [-0.05, 0) is 30.3 Å². The highest BCUT2D eigenvalue weighted by molar-refractivity contribution is 5.80. The Hall–Kier alpha value is -2.20. The Morgan fingerprint density at radius 1 is 1.20 bits per heavy atom. The Balaban J connectivity index is 2.02.